The molecule has 2 heterocycles. The fraction of sp³-hybridized carbons (Fsp3) is 0.625. The van der Waals surface area contributed by atoms with Crippen molar-refractivity contribution in [2.75, 3.05) is 18.1 Å². The van der Waals surface area contributed by atoms with Gasteiger partial charge in [0.05, 0.1) is 18.1 Å². The third-order valence-corrected chi connectivity index (χ3v) is 5.96. The second kappa shape index (κ2) is 6.08. The van der Waals surface area contributed by atoms with Gasteiger partial charge in [-0.2, -0.15) is 0 Å². The Morgan fingerprint density at radius 2 is 2.23 bits per heavy atom. The van der Waals surface area contributed by atoms with Gasteiger partial charge in [-0.15, -0.1) is 0 Å². The fourth-order valence-electron chi connectivity index (χ4n) is 3.12. The van der Waals surface area contributed by atoms with Crippen LogP contribution in [0.5, 0.6) is 11.5 Å². The molecule has 2 aliphatic rings. The van der Waals surface area contributed by atoms with Crippen LogP contribution < -0.4 is 14.8 Å². The van der Waals surface area contributed by atoms with Crippen LogP contribution in [0, 0.1) is 0 Å². The predicted octanol–water partition coefficient (Wildman–Crippen LogP) is 1.69. The summed E-state index contributed by atoms with van der Waals surface area (Å²) in [6.07, 6.45) is 1.79. The quantitative estimate of drug-likeness (QED) is 0.892. The van der Waals surface area contributed by atoms with Crippen LogP contribution >= 0.6 is 0 Å². The lowest BCUT2D eigenvalue weighted by molar-refractivity contribution is 0.254. The highest BCUT2D eigenvalue weighted by Crippen LogP contribution is 2.35. The summed E-state index contributed by atoms with van der Waals surface area (Å²) in [4.78, 5) is 0. The Bertz CT molecular complexity index is 656. The summed E-state index contributed by atoms with van der Waals surface area (Å²) in [6, 6.07) is 4.12. The van der Waals surface area contributed by atoms with E-state index < -0.39 is 9.84 Å². The Hall–Kier alpha value is -1.27. The average molecular weight is 325 g/mol. The first kappa shape index (κ1) is 15.6. The maximum Gasteiger partial charge on any atom is 0.151 e. The summed E-state index contributed by atoms with van der Waals surface area (Å²) < 4.78 is 34.6. The molecule has 1 aromatic carbocycles. The minimum absolute atomic E-state index is 0.0348. The van der Waals surface area contributed by atoms with Crippen molar-refractivity contribution >= 4 is 9.84 Å². The van der Waals surface area contributed by atoms with Crippen LogP contribution in [0.25, 0.3) is 0 Å². The number of sulfone groups is 1. The molecule has 122 valence electrons. The van der Waals surface area contributed by atoms with Gasteiger partial charge in [0, 0.05) is 30.1 Å². The van der Waals surface area contributed by atoms with Gasteiger partial charge in [0.15, 0.2) is 9.84 Å². The zero-order valence-electron chi connectivity index (χ0n) is 13.1. The van der Waals surface area contributed by atoms with E-state index in [9.17, 15) is 8.42 Å². The normalized spacial score (nSPS) is 25.7. The lowest BCUT2D eigenvalue weighted by Gasteiger charge is -2.15. The maximum atomic E-state index is 11.5. The second-order valence-corrected chi connectivity index (χ2v) is 8.34. The van der Waals surface area contributed by atoms with Gasteiger partial charge in [-0.3, -0.25) is 0 Å². The minimum atomic E-state index is -2.86. The van der Waals surface area contributed by atoms with Crippen LogP contribution in [0.3, 0.4) is 0 Å². The van der Waals surface area contributed by atoms with Gasteiger partial charge < -0.3 is 14.8 Å². The Labute approximate surface area is 131 Å². The molecule has 1 fully saturated rings. The van der Waals surface area contributed by atoms with E-state index in [1.165, 1.54) is 5.56 Å². The van der Waals surface area contributed by atoms with Gasteiger partial charge in [0.25, 0.3) is 0 Å². The summed E-state index contributed by atoms with van der Waals surface area (Å²) in [5, 5.41) is 3.34. The smallest absolute Gasteiger partial charge is 0.151 e. The van der Waals surface area contributed by atoms with Crippen molar-refractivity contribution in [3.8, 4) is 11.5 Å². The molecule has 1 aromatic rings. The Balaban J connectivity index is 1.73. The molecule has 0 saturated carbocycles. The van der Waals surface area contributed by atoms with Crippen LogP contribution in [0.2, 0.25) is 0 Å². The van der Waals surface area contributed by atoms with Crippen molar-refractivity contribution in [2.45, 2.75) is 45.4 Å². The van der Waals surface area contributed by atoms with Gasteiger partial charge in [0.2, 0.25) is 0 Å². The molecule has 3 rings (SSSR count). The largest absolute Gasteiger partial charge is 0.494 e. The van der Waals surface area contributed by atoms with Crippen molar-refractivity contribution in [3.63, 3.8) is 0 Å². The van der Waals surface area contributed by atoms with Crippen LogP contribution in [0.4, 0.5) is 0 Å². The maximum absolute atomic E-state index is 11.5. The highest BCUT2D eigenvalue weighted by Gasteiger charge is 2.28. The van der Waals surface area contributed by atoms with Crippen LogP contribution in [-0.2, 0) is 22.8 Å². The zero-order chi connectivity index (χ0) is 15.7. The molecule has 0 aliphatic carbocycles. The first-order valence-corrected chi connectivity index (χ1v) is 9.68. The van der Waals surface area contributed by atoms with Crippen molar-refractivity contribution in [1.29, 1.82) is 0 Å². The molecule has 0 aromatic heterocycles. The van der Waals surface area contributed by atoms with Gasteiger partial charge in [-0.1, -0.05) is 0 Å². The topological polar surface area (TPSA) is 64.6 Å². The van der Waals surface area contributed by atoms with Gasteiger partial charge in [-0.25, -0.2) is 8.42 Å². The molecule has 1 N–H and O–H groups in total. The SMILES string of the molecule is CCOc1cc2c(cc1CN[C@H]1CCS(=O)(=O)C1)O[C@@H](C)C2. The van der Waals surface area contributed by atoms with E-state index >= 15 is 0 Å². The standard InChI is InChI=1S/C16H23NO4S/c1-3-20-15-7-12-6-11(2)21-16(12)8-13(15)9-17-14-4-5-22(18,19)10-14/h7-8,11,14,17H,3-6,9-10H2,1-2H3/t11-,14-/m0/s1. The van der Waals surface area contributed by atoms with Gasteiger partial charge in [0.1, 0.15) is 17.6 Å². The molecule has 0 unspecified atom stereocenters. The molecular formula is C16H23NO4S. The molecule has 1 saturated heterocycles. The number of ether oxygens (including phenoxy) is 2. The Kier molecular flexibility index (Phi) is 4.32. The molecule has 0 spiro atoms. The van der Waals surface area contributed by atoms with Crippen LogP contribution in [0.1, 0.15) is 31.4 Å². The molecule has 2 atom stereocenters. The van der Waals surface area contributed by atoms with E-state index in [0.29, 0.717) is 19.6 Å². The third kappa shape index (κ3) is 3.38. The second-order valence-electron chi connectivity index (χ2n) is 6.11. The highest BCUT2D eigenvalue weighted by molar-refractivity contribution is 7.91. The summed E-state index contributed by atoms with van der Waals surface area (Å²) in [5.41, 5.74) is 2.21. The van der Waals surface area contributed by atoms with Crippen LogP contribution in [0.15, 0.2) is 12.1 Å². The lowest BCUT2D eigenvalue weighted by Crippen LogP contribution is -2.29. The highest BCUT2D eigenvalue weighted by atomic mass is 32.2. The van der Waals surface area contributed by atoms with E-state index in [-0.39, 0.29) is 23.7 Å². The van der Waals surface area contributed by atoms with E-state index in [0.717, 1.165) is 23.5 Å². The number of hydrogen-bond acceptors (Lipinski definition) is 5. The number of hydrogen-bond donors (Lipinski definition) is 1. The first-order valence-electron chi connectivity index (χ1n) is 7.86. The molecule has 2 aliphatic heterocycles. The molecule has 0 radical (unpaired) electrons. The third-order valence-electron chi connectivity index (χ3n) is 4.19. The Morgan fingerprint density at radius 3 is 2.91 bits per heavy atom. The molecule has 0 amide bonds. The van der Waals surface area contributed by atoms with E-state index in [4.69, 9.17) is 9.47 Å². The number of nitrogens with one attached hydrogen (secondary N) is 1. The van der Waals surface area contributed by atoms with E-state index in [1.54, 1.807) is 0 Å². The molecule has 0 bridgehead atoms. The summed E-state index contributed by atoms with van der Waals surface area (Å²) in [7, 11) is -2.86. The van der Waals surface area contributed by atoms with Crippen molar-refractivity contribution < 1.29 is 17.9 Å². The molecular weight excluding hydrogens is 302 g/mol. The average Bonchev–Trinajstić information content (AvgIpc) is 2.97. The monoisotopic (exact) mass is 325 g/mol. The fourth-order valence-corrected chi connectivity index (χ4v) is 4.83. The summed E-state index contributed by atoms with van der Waals surface area (Å²) in [5.74, 6) is 2.31. The van der Waals surface area contributed by atoms with Crippen molar-refractivity contribution in [3.05, 3.63) is 23.3 Å². The lowest BCUT2D eigenvalue weighted by atomic mass is 10.1. The molecule has 6 heteroatoms. The first-order chi connectivity index (χ1) is 10.5. The van der Waals surface area contributed by atoms with Crippen molar-refractivity contribution in [1.82, 2.24) is 5.32 Å². The minimum Gasteiger partial charge on any atom is -0.494 e. The number of benzene rings is 1. The zero-order valence-corrected chi connectivity index (χ0v) is 13.9. The molecule has 22 heavy (non-hydrogen) atoms. The molecule has 5 nitrogen and oxygen atoms in total. The Morgan fingerprint density at radius 1 is 1.41 bits per heavy atom. The van der Waals surface area contributed by atoms with E-state index in [2.05, 4.69) is 18.3 Å². The van der Waals surface area contributed by atoms with E-state index in [1.807, 2.05) is 13.0 Å². The number of fused-ring (bicyclic) bond motifs is 1. The van der Waals surface area contributed by atoms with Crippen molar-refractivity contribution in [2.24, 2.45) is 0 Å². The van der Waals surface area contributed by atoms with Gasteiger partial charge >= 0.3 is 0 Å². The predicted molar refractivity (Wildman–Crippen MR) is 85.3 cm³/mol. The number of rotatable bonds is 5. The summed E-state index contributed by atoms with van der Waals surface area (Å²) >= 11 is 0. The van der Waals surface area contributed by atoms with Crippen LogP contribution in [-0.4, -0.2) is 38.7 Å². The summed E-state index contributed by atoms with van der Waals surface area (Å²) in [6.45, 7) is 5.23. The van der Waals surface area contributed by atoms with Gasteiger partial charge in [-0.05, 0) is 32.4 Å².